The van der Waals surface area contributed by atoms with Gasteiger partial charge in [-0.2, -0.15) is 0 Å². The molecule has 1 aromatic rings. The molecule has 27 heavy (non-hydrogen) atoms. The van der Waals surface area contributed by atoms with Crippen LogP contribution in [0.3, 0.4) is 0 Å². The molecule has 1 N–H and O–H groups in total. The van der Waals surface area contributed by atoms with Crippen LogP contribution >= 0.6 is 11.8 Å². The van der Waals surface area contributed by atoms with Gasteiger partial charge in [0.25, 0.3) is 0 Å². The number of unbranched alkanes of at least 4 members (excludes halogenated alkanes) is 1. The van der Waals surface area contributed by atoms with Gasteiger partial charge in [0, 0.05) is 38.0 Å². The maximum atomic E-state index is 12.8. The summed E-state index contributed by atoms with van der Waals surface area (Å²) < 4.78 is 0. The van der Waals surface area contributed by atoms with Crippen LogP contribution in [-0.2, 0) is 4.79 Å². The van der Waals surface area contributed by atoms with Gasteiger partial charge < -0.3 is 15.1 Å². The van der Waals surface area contributed by atoms with Gasteiger partial charge in [-0.15, -0.1) is 11.8 Å². The van der Waals surface area contributed by atoms with Crippen LogP contribution in [0.2, 0.25) is 0 Å². The molecule has 2 heterocycles. The third-order valence-electron chi connectivity index (χ3n) is 5.30. The van der Waals surface area contributed by atoms with Crippen LogP contribution in [0.15, 0.2) is 36.4 Å². The molecule has 6 heteroatoms. The Labute approximate surface area is 166 Å². The number of urea groups is 1. The van der Waals surface area contributed by atoms with E-state index in [1.165, 1.54) is 0 Å². The van der Waals surface area contributed by atoms with Crippen molar-refractivity contribution in [3.8, 4) is 0 Å². The first-order chi connectivity index (χ1) is 13.1. The number of hydrogen-bond donors (Lipinski definition) is 1. The summed E-state index contributed by atoms with van der Waals surface area (Å²) in [4.78, 5) is 28.8. The van der Waals surface area contributed by atoms with Crippen LogP contribution in [0.25, 0.3) is 6.08 Å². The molecule has 1 aromatic carbocycles. The third-order valence-corrected chi connectivity index (χ3v) is 6.85. The Bertz CT molecular complexity index is 669. The van der Waals surface area contributed by atoms with E-state index in [1.807, 2.05) is 58.0 Å². The maximum absolute atomic E-state index is 12.8. The number of benzene rings is 1. The Morgan fingerprint density at radius 1 is 1.19 bits per heavy atom. The largest absolute Gasteiger partial charge is 0.338 e. The van der Waals surface area contributed by atoms with Crippen LogP contribution < -0.4 is 5.32 Å². The van der Waals surface area contributed by atoms with Crippen LogP contribution in [0.5, 0.6) is 0 Å². The standard InChI is InChI=1S/C21H29N3O2S/c1-2-3-13-22-20(26)23-14-11-21(12-15-23)24(16-17-27-21)19(25)10-9-18-7-5-4-6-8-18/h4-10H,2-3,11-17H2,1H3,(H,22,26)/b10-9+. The van der Waals surface area contributed by atoms with Gasteiger partial charge in [-0.3, -0.25) is 4.79 Å². The number of piperidine rings is 1. The number of likely N-dealkylation sites (tertiary alicyclic amines) is 1. The van der Waals surface area contributed by atoms with Crippen molar-refractivity contribution >= 4 is 29.8 Å². The quantitative estimate of drug-likeness (QED) is 0.621. The lowest BCUT2D eigenvalue weighted by molar-refractivity contribution is -0.129. The fourth-order valence-electron chi connectivity index (χ4n) is 3.70. The Morgan fingerprint density at radius 2 is 1.93 bits per heavy atom. The monoisotopic (exact) mass is 387 g/mol. The number of carbonyl (C=O) groups excluding carboxylic acids is 2. The van der Waals surface area contributed by atoms with Crippen molar-refractivity contribution in [1.82, 2.24) is 15.1 Å². The summed E-state index contributed by atoms with van der Waals surface area (Å²) >= 11 is 1.87. The summed E-state index contributed by atoms with van der Waals surface area (Å²) in [5.41, 5.74) is 1.03. The van der Waals surface area contributed by atoms with Gasteiger partial charge in [-0.25, -0.2) is 4.79 Å². The molecule has 2 saturated heterocycles. The minimum atomic E-state index is -0.154. The van der Waals surface area contributed by atoms with E-state index in [9.17, 15) is 9.59 Å². The van der Waals surface area contributed by atoms with Crippen molar-refractivity contribution < 1.29 is 9.59 Å². The lowest BCUT2D eigenvalue weighted by Gasteiger charge is -2.43. The summed E-state index contributed by atoms with van der Waals surface area (Å²) in [6.07, 6.45) is 7.33. The number of carbonyl (C=O) groups is 2. The number of thioether (sulfide) groups is 1. The van der Waals surface area contributed by atoms with Gasteiger partial charge in [0.2, 0.25) is 5.91 Å². The minimum Gasteiger partial charge on any atom is -0.338 e. The molecule has 0 bridgehead atoms. The summed E-state index contributed by atoms with van der Waals surface area (Å²) in [5.74, 6) is 1.04. The first kappa shape index (κ1) is 19.8. The highest BCUT2D eigenvalue weighted by Gasteiger charge is 2.46. The molecule has 0 unspecified atom stereocenters. The van der Waals surface area contributed by atoms with E-state index >= 15 is 0 Å². The topological polar surface area (TPSA) is 52.7 Å². The molecule has 0 radical (unpaired) electrons. The molecule has 2 aliphatic heterocycles. The van der Waals surface area contributed by atoms with Crippen LogP contribution in [-0.4, -0.2) is 58.5 Å². The zero-order valence-corrected chi connectivity index (χ0v) is 16.8. The van der Waals surface area contributed by atoms with E-state index in [0.29, 0.717) is 13.1 Å². The van der Waals surface area contributed by atoms with Crippen LogP contribution in [0.4, 0.5) is 4.79 Å². The van der Waals surface area contributed by atoms with E-state index in [1.54, 1.807) is 6.08 Å². The Morgan fingerprint density at radius 3 is 2.63 bits per heavy atom. The first-order valence-electron chi connectivity index (χ1n) is 9.86. The first-order valence-corrected chi connectivity index (χ1v) is 10.8. The Hall–Kier alpha value is -1.95. The lowest BCUT2D eigenvalue weighted by atomic mass is 10.0. The van der Waals surface area contributed by atoms with Crippen molar-refractivity contribution in [1.29, 1.82) is 0 Å². The Balaban J connectivity index is 1.57. The highest BCUT2D eigenvalue weighted by Crippen LogP contribution is 2.44. The van der Waals surface area contributed by atoms with Gasteiger partial charge in [0.15, 0.2) is 0 Å². The number of nitrogens with zero attached hydrogens (tertiary/aromatic N) is 2. The molecule has 5 nitrogen and oxygen atoms in total. The molecule has 2 aliphatic rings. The number of hydrogen-bond acceptors (Lipinski definition) is 3. The van der Waals surface area contributed by atoms with Gasteiger partial charge in [-0.05, 0) is 30.9 Å². The molecule has 3 rings (SSSR count). The average molecular weight is 388 g/mol. The number of rotatable bonds is 5. The predicted octanol–water partition coefficient (Wildman–Crippen LogP) is 3.58. The molecule has 0 atom stereocenters. The fourth-order valence-corrected chi connectivity index (χ4v) is 5.16. The molecule has 0 aliphatic carbocycles. The lowest BCUT2D eigenvalue weighted by Crippen LogP contribution is -2.54. The van der Waals surface area contributed by atoms with Crippen molar-refractivity contribution in [2.24, 2.45) is 0 Å². The summed E-state index contributed by atoms with van der Waals surface area (Å²) in [5, 5.41) is 2.99. The van der Waals surface area contributed by atoms with Gasteiger partial charge in [0.1, 0.15) is 0 Å². The Kier molecular flexibility index (Phi) is 6.83. The molecule has 146 valence electrons. The second-order valence-corrected chi connectivity index (χ2v) is 8.56. The van der Waals surface area contributed by atoms with Gasteiger partial charge >= 0.3 is 6.03 Å². The zero-order valence-electron chi connectivity index (χ0n) is 16.0. The summed E-state index contributed by atoms with van der Waals surface area (Å²) in [6.45, 7) is 5.05. The molecular formula is C21H29N3O2S. The summed E-state index contributed by atoms with van der Waals surface area (Å²) in [7, 11) is 0. The molecular weight excluding hydrogens is 358 g/mol. The summed E-state index contributed by atoms with van der Waals surface area (Å²) in [6, 6.07) is 9.93. The van der Waals surface area contributed by atoms with Crippen molar-refractivity contribution in [2.45, 2.75) is 37.5 Å². The maximum Gasteiger partial charge on any atom is 0.317 e. The molecule has 0 aromatic heterocycles. The highest BCUT2D eigenvalue weighted by atomic mass is 32.2. The highest BCUT2D eigenvalue weighted by molar-refractivity contribution is 8.00. The molecule has 3 amide bonds. The third kappa shape index (κ3) is 4.86. The van der Waals surface area contributed by atoms with Crippen molar-refractivity contribution in [3.63, 3.8) is 0 Å². The van der Waals surface area contributed by atoms with Crippen molar-refractivity contribution in [2.75, 3.05) is 31.9 Å². The second kappa shape index (κ2) is 9.31. The predicted molar refractivity (Wildman–Crippen MR) is 111 cm³/mol. The normalized spacial score (nSPS) is 19.0. The number of nitrogens with one attached hydrogen (secondary N) is 1. The van der Waals surface area contributed by atoms with E-state index < -0.39 is 0 Å². The zero-order chi connectivity index (χ0) is 19.1. The van der Waals surface area contributed by atoms with Gasteiger partial charge in [-0.1, -0.05) is 43.7 Å². The second-order valence-electron chi connectivity index (χ2n) is 7.10. The van der Waals surface area contributed by atoms with Gasteiger partial charge in [0.05, 0.1) is 4.87 Å². The average Bonchev–Trinajstić information content (AvgIpc) is 3.10. The van der Waals surface area contributed by atoms with Crippen molar-refractivity contribution in [3.05, 3.63) is 42.0 Å². The van der Waals surface area contributed by atoms with E-state index in [2.05, 4.69) is 12.2 Å². The molecule has 2 fully saturated rings. The molecule has 0 saturated carbocycles. The van der Waals surface area contributed by atoms with E-state index in [0.717, 1.165) is 50.1 Å². The SMILES string of the molecule is CCCCNC(=O)N1CCC2(CC1)SCCN2C(=O)/C=C/c1ccccc1. The van der Waals surface area contributed by atoms with Crippen LogP contribution in [0, 0.1) is 0 Å². The van der Waals surface area contributed by atoms with Crippen LogP contribution in [0.1, 0.15) is 38.2 Å². The molecule has 1 spiro atoms. The smallest absolute Gasteiger partial charge is 0.317 e. The van der Waals surface area contributed by atoms with E-state index in [-0.39, 0.29) is 16.8 Å². The van der Waals surface area contributed by atoms with E-state index in [4.69, 9.17) is 0 Å². The number of amides is 3. The fraction of sp³-hybridized carbons (Fsp3) is 0.524. The minimum absolute atomic E-state index is 0.0307.